The number of aromatic carboxylic acids is 1. The van der Waals surface area contributed by atoms with Crippen molar-refractivity contribution in [1.82, 2.24) is 5.32 Å². The predicted octanol–water partition coefficient (Wildman–Crippen LogP) is 6.05. The number of carboxylic acid groups (broad SMARTS) is 1. The highest BCUT2D eigenvalue weighted by molar-refractivity contribution is 5.94. The van der Waals surface area contributed by atoms with E-state index in [2.05, 4.69) is 17.4 Å². The minimum atomic E-state index is -1.06. The molecule has 0 radical (unpaired) electrons. The number of methoxy groups -OCH3 is 2. The molecular formula is C29H31NO5. The van der Waals surface area contributed by atoms with Gasteiger partial charge in [-0.05, 0) is 71.8 Å². The van der Waals surface area contributed by atoms with Crippen LogP contribution in [-0.4, -0.2) is 31.2 Å². The van der Waals surface area contributed by atoms with Gasteiger partial charge in [-0.25, -0.2) is 4.79 Å². The molecule has 182 valence electrons. The van der Waals surface area contributed by atoms with Crippen molar-refractivity contribution in [3.8, 4) is 22.6 Å². The SMILES string of the molecule is COc1ccc(-c2ccc(OC)c(C(=O)O)c2)cc1CNC(=O)c1ccc(C2CCCCC2)cc1. The number of hydrogen-bond acceptors (Lipinski definition) is 4. The van der Waals surface area contributed by atoms with E-state index in [1.807, 2.05) is 36.4 Å². The molecule has 0 aromatic heterocycles. The summed E-state index contributed by atoms with van der Waals surface area (Å²) < 4.78 is 10.6. The van der Waals surface area contributed by atoms with Crippen LogP contribution in [0.2, 0.25) is 0 Å². The second kappa shape index (κ2) is 11.1. The van der Waals surface area contributed by atoms with Crippen LogP contribution in [0, 0.1) is 0 Å². The van der Waals surface area contributed by atoms with Crippen LogP contribution in [-0.2, 0) is 6.54 Å². The van der Waals surface area contributed by atoms with E-state index in [4.69, 9.17) is 9.47 Å². The van der Waals surface area contributed by atoms with Crippen molar-refractivity contribution in [2.75, 3.05) is 14.2 Å². The van der Waals surface area contributed by atoms with E-state index < -0.39 is 5.97 Å². The van der Waals surface area contributed by atoms with E-state index in [0.29, 0.717) is 23.0 Å². The van der Waals surface area contributed by atoms with Crippen LogP contribution in [0.4, 0.5) is 0 Å². The zero-order valence-corrected chi connectivity index (χ0v) is 20.2. The van der Waals surface area contributed by atoms with Crippen LogP contribution < -0.4 is 14.8 Å². The average molecular weight is 474 g/mol. The highest BCUT2D eigenvalue weighted by Crippen LogP contribution is 2.33. The molecule has 6 nitrogen and oxygen atoms in total. The van der Waals surface area contributed by atoms with Gasteiger partial charge in [-0.1, -0.05) is 43.5 Å². The molecule has 1 aliphatic carbocycles. The lowest BCUT2D eigenvalue weighted by atomic mass is 9.84. The Morgan fingerprint density at radius 1 is 0.857 bits per heavy atom. The van der Waals surface area contributed by atoms with Crippen LogP contribution in [0.15, 0.2) is 60.7 Å². The second-order valence-electron chi connectivity index (χ2n) is 8.89. The van der Waals surface area contributed by atoms with E-state index in [0.717, 1.165) is 16.7 Å². The van der Waals surface area contributed by atoms with Gasteiger partial charge in [-0.3, -0.25) is 4.79 Å². The monoisotopic (exact) mass is 473 g/mol. The van der Waals surface area contributed by atoms with E-state index in [-0.39, 0.29) is 18.0 Å². The number of amides is 1. The van der Waals surface area contributed by atoms with Gasteiger partial charge in [0.1, 0.15) is 17.1 Å². The maximum Gasteiger partial charge on any atom is 0.339 e. The van der Waals surface area contributed by atoms with Gasteiger partial charge in [0, 0.05) is 17.7 Å². The number of nitrogens with one attached hydrogen (secondary N) is 1. The fraction of sp³-hybridized carbons (Fsp3) is 0.310. The molecule has 3 aromatic carbocycles. The minimum absolute atomic E-state index is 0.0901. The number of ether oxygens (including phenoxy) is 2. The maximum atomic E-state index is 12.8. The Morgan fingerprint density at radius 2 is 1.49 bits per heavy atom. The third kappa shape index (κ3) is 5.65. The zero-order valence-electron chi connectivity index (χ0n) is 20.2. The molecule has 2 N–H and O–H groups in total. The number of carbonyl (C=O) groups excluding carboxylic acids is 1. The van der Waals surface area contributed by atoms with E-state index >= 15 is 0 Å². The van der Waals surface area contributed by atoms with Crippen molar-refractivity contribution in [3.63, 3.8) is 0 Å². The molecule has 3 aromatic rings. The normalized spacial score (nSPS) is 13.8. The standard InChI is InChI=1S/C29H31NO5/c1-34-26-14-12-22(23-13-15-27(35-2)25(17-23)29(32)33)16-24(26)18-30-28(31)21-10-8-20(9-11-21)19-6-4-3-5-7-19/h8-17,19H,3-7,18H2,1-2H3,(H,30,31)(H,32,33). The summed E-state index contributed by atoms with van der Waals surface area (Å²) in [6.07, 6.45) is 6.33. The smallest absolute Gasteiger partial charge is 0.339 e. The average Bonchev–Trinajstić information content (AvgIpc) is 2.91. The Balaban J connectivity index is 1.49. The Kier molecular flexibility index (Phi) is 7.70. The van der Waals surface area contributed by atoms with Gasteiger partial charge in [-0.15, -0.1) is 0 Å². The Morgan fingerprint density at radius 3 is 2.11 bits per heavy atom. The van der Waals surface area contributed by atoms with Gasteiger partial charge in [0.15, 0.2) is 0 Å². The van der Waals surface area contributed by atoms with E-state index in [1.165, 1.54) is 44.8 Å². The molecule has 0 heterocycles. The van der Waals surface area contributed by atoms with Crippen LogP contribution >= 0.6 is 0 Å². The van der Waals surface area contributed by atoms with Gasteiger partial charge in [-0.2, -0.15) is 0 Å². The summed E-state index contributed by atoms with van der Waals surface area (Å²) in [5.74, 6) is 0.349. The van der Waals surface area contributed by atoms with Crippen molar-refractivity contribution >= 4 is 11.9 Å². The van der Waals surface area contributed by atoms with Crippen molar-refractivity contribution in [3.05, 3.63) is 82.9 Å². The summed E-state index contributed by atoms with van der Waals surface area (Å²) in [6.45, 7) is 0.280. The zero-order chi connectivity index (χ0) is 24.8. The Bertz CT molecular complexity index is 1200. The van der Waals surface area contributed by atoms with Crippen LogP contribution in [0.3, 0.4) is 0 Å². The van der Waals surface area contributed by atoms with Crippen molar-refractivity contribution in [2.45, 2.75) is 44.6 Å². The molecule has 0 atom stereocenters. The van der Waals surface area contributed by atoms with Gasteiger partial charge >= 0.3 is 5.97 Å². The molecule has 0 spiro atoms. The van der Waals surface area contributed by atoms with Crippen LogP contribution in [0.1, 0.15) is 69.9 Å². The number of carboxylic acids is 1. The maximum absolute atomic E-state index is 12.8. The van der Waals surface area contributed by atoms with Crippen molar-refractivity contribution < 1.29 is 24.2 Å². The van der Waals surface area contributed by atoms with Gasteiger partial charge in [0.2, 0.25) is 0 Å². The molecule has 1 amide bonds. The van der Waals surface area contributed by atoms with Crippen LogP contribution in [0.25, 0.3) is 11.1 Å². The third-order valence-corrected chi connectivity index (χ3v) is 6.73. The summed E-state index contributed by atoms with van der Waals surface area (Å²) in [4.78, 5) is 24.4. The first-order valence-corrected chi connectivity index (χ1v) is 12.0. The third-order valence-electron chi connectivity index (χ3n) is 6.73. The Hall–Kier alpha value is -3.80. The molecular weight excluding hydrogens is 442 g/mol. The number of benzene rings is 3. The first-order chi connectivity index (χ1) is 17.0. The van der Waals surface area contributed by atoms with Crippen molar-refractivity contribution in [1.29, 1.82) is 0 Å². The van der Waals surface area contributed by atoms with Gasteiger partial charge in [0.25, 0.3) is 5.91 Å². The lowest BCUT2D eigenvalue weighted by Crippen LogP contribution is -2.23. The molecule has 0 bridgehead atoms. The number of hydrogen-bond donors (Lipinski definition) is 2. The molecule has 0 saturated heterocycles. The summed E-state index contributed by atoms with van der Waals surface area (Å²) in [6, 6.07) is 18.6. The minimum Gasteiger partial charge on any atom is -0.496 e. The molecule has 0 aliphatic heterocycles. The summed E-state index contributed by atoms with van der Waals surface area (Å²) in [7, 11) is 3.03. The largest absolute Gasteiger partial charge is 0.496 e. The lowest BCUT2D eigenvalue weighted by Gasteiger charge is -2.22. The molecule has 35 heavy (non-hydrogen) atoms. The molecule has 1 fully saturated rings. The number of carbonyl (C=O) groups is 2. The highest BCUT2D eigenvalue weighted by atomic mass is 16.5. The van der Waals surface area contributed by atoms with Gasteiger partial charge in [0.05, 0.1) is 14.2 Å². The molecule has 6 heteroatoms. The first-order valence-electron chi connectivity index (χ1n) is 12.0. The topological polar surface area (TPSA) is 84.9 Å². The molecule has 1 aliphatic rings. The first kappa shape index (κ1) is 24.3. The summed E-state index contributed by atoms with van der Waals surface area (Å²) >= 11 is 0. The Labute approximate surface area is 205 Å². The lowest BCUT2D eigenvalue weighted by molar-refractivity contribution is 0.0693. The van der Waals surface area contributed by atoms with Crippen molar-refractivity contribution in [2.24, 2.45) is 0 Å². The van der Waals surface area contributed by atoms with Crippen LogP contribution in [0.5, 0.6) is 11.5 Å². The quantitative estimate of drug-likeness (QED) is 0.416. The van der Waals surface area contributed by atoms with Gasteiger partial charge < -0.3 is 19.9 Å². The predicted molar refractivity (Wildman–Crippen MR) is 135 cm³/mol. The molecule has 1 saturated carbocycles. The van der Waals surface area contributed by atoms with E-state index in [9.17, 15) is 14.7 Å². The molecule has 0 unspecified atom stereocenters. The fourth-order valence-corrected chi connectivity index (χ4v) is 4.77. The molecule has 4 rings (SSSR count). The van der Waals surface area contributed by atoms with E-state index in [1.54, 1.807) is 19.2 Å². The highest BCUT2D eigenvalue weighted by Gasteiger charge is 2.17. The summed E-state index contributed by atoms with van der Waals surface area (Å²) in [5, 5.41) is 12.5. The number of rotatable bonds is 8. The fourth-order valence-electron chi connectivity index (χ4n) is 4.77. The summed E-state index contributed by atoms with van der Waals surface area (Å²) in [5.41, 5.74) is 4.38. The second-order valence-corrected chi connectivity index (χ2v) is 8.89.